The van der Waals surface area contributed by atoms with E-state index in [-0.39, 0.29) is 0 Å². The van der Waals surface area contributed by atoms with Crippen LogP contribution in [-0.2, 0) is 0 Å². The lowest BCUT2D eigenvalue weighted by molar-refractivity contribution is 0.442. The molecular weight excluding hydrogens is 419 g/mol. The number of thiophene rings is 1. The van der Waals surface area contributed by atoms with Gasteiger partial charge in [-0.3, -0.25) is 0 Å². The monoisotopic (exact) mass is 427 g/mol. The van der Waals surface area contributed by atoms with Crippen LogP contribution >= 0.6 is 43.2 Å². The van der Waals surface area contributed by atoms with Gasteiger partial charge in [0.15, 0.2) is 17.5 Å². The van der Waals surface area contributed by atoms with Crippen LogP contribution in [-0.4, -0.2) is 6.54 Å². The Hall–Kier alpha value is -0.370. The maximum atomic E-state index is 13.4. The predicted octanol–water partition coefficient (Wildman–Crippen LogP) is 5.39. The Balaban J connectivity index is 2.51. The van der Waals surface area contributed by atoms with Crippen LogP contribution in [0.1, 0.15) is 24.1 Å². The standard InChI is InChI=1S/C13H10Br2F3NS/c1-2-19-12(7-5-10(14)20-13(7)15)6-3-8(16)11(18)9(17)4-6/h3-5,12,19H,2H2,1H3. The molecule has 20 heavy (non-hydrogen) atoms. The number of nitrogens with one attached hydrogen (secondary N) is 1. The highest BCUT2D eigenvalue weighted by molar-refractivity contribution is 9.12. The van der Waals surface area contributed by atoms with Crippen molar-refractivity contribution in [1.82, 2.24) is 5.32 Å². The topological polar surface area (TPSA) is 12.0 Å². The van der Waals surface area contributed by atoms with Crippen molar-refractivity contribution in [2.45, 2.75) is 13.0 Å². The zero-order valence-electron chi connectivity index (χ0n) is 10.3. The second kappa shape index (κ2) is 6.60. The minimum atomic E-state index is -1.45. The summed E-state index contributed by atoms with van der Waals surface area (Å²) in [6.45, 7) is 2.49. The molecule has 2 aromatic rings. The van der Waals surface area contributed by atoms with Gasteiger partial charge >= 0.3 is 0 Å². The Morgan fingerprint density at radius 3 is 2.20 bits per heavy atom. The molecule has 0 spiro atoms. The van der Waals surface area contributed by atoms with Crippen molar-refractivity contribution in [3.8, 4) is 0 Å². The highest BCUT2D eigenvalue weighted by Gasteiger charge is 2.21. The van der Waals surface area contributed by atoms with Crippen molar-refractivity contribution in [1.29, 1.82) is 0 Å². The summed E-state index contributed by atoms with van der Waals surface area (Å²) in [4.78, 5) is 0. The first-order valence-corrected chi connectivity index (χ1v) is 8.16. The van der Waals surface area contributed by atoms with Crippen LogP contribution < -0.4 is 5.32 Å². The molecule has 0 aliphatic rings. The lowest BCUT2D eigenvalue weighted by Gasteiger charge is -2.18. The fourth-order valence-corrected chi connectivity index (χ4v) is 4.81. The van der Waals surface area contributed by atoms with Crippen molar-refractivity contribution >= 4 is 43.2 Å². The normalized spacial score (nSPS) is 12.7. The number of halogens is 5. The molecule has 0 amide bonds. The van der Waals surface area contributed by atoms with Crippen molar-refractivity contribution in [2.75, 3.05) is 6.54 Å². The third-order valence-corrected chi connectivity index (χ3v) is 5.13. The van der Waals surface area contributed by atoms with E-state index in [0.717, 1.165) is 25.3 Å². The highest BCUT2D eigenvalue weighted by Crippen LogP contribution is 2.38. The van der Waals surface area contributed by atoms with Crippen LogP contribution in [0.5, 0.6) is 0 Å². The third kappa shape index (κ3) is 3.27. The maximum absolute atomic E-state index is 13.4. The molecule has 0 aliphatic carbocycles. The van der Waals surface area contributed by atoms with Gasteiger partial charge in [0.2, 0.25) is 0 Å². The van der Waals surface area contributed by atoms with E-state index >= 15 is 0 Å². The molecule has 0 bridgehead atoms. The maximum Gasteiger partial charge on any atom is 0.194 e. The first kappa shape index (κ1) is 16.0. The smallest absolute Gasteiger partial charge is 0.194 e. The molecule has 1 heterocycles. The molecule has 1 unspecified atom stereocenters. The second-order valence-corrected chi connectivity index (χ2v) is 7.82. The summed E-state index contributed by atoms with van der Waals surface area (Å²) in [7, 11) is 0. The first-order chi connectivity index (χ1) is 9.43. The minimum absolute atomic E-state index is 0.342. The van der Waals surface area contributed by atoms with E-state index in [1.54, 1.807) is 0 Å². The van der Waals surface area contributed by atoms with Crippen LogP contribution in [0.2, 0.25) is 0 Å². The zero-order valence-corrected chi connectivity index (χ0v) is 14.3. The molecule has 7 heteroatoms. The van der Waals surface area contributed by atoms with Crippen molar-refractivity contribution in [2.24, 2.45) is 0 Å². The molecule has 0 saturated carbocycles. The highest BCUT2D eigenvalue weighted by atomic mass is 79.9. The lowest BCUT2D eigenvalue weighted by Crippen LogP contribution is -2.22. The molecule has 0 radical (unpaired) electrons. The first-order valence-electron chi connectivity index (χ1n) is 5.76. The van der Waals surface area contributed by atoms with Crippen LogP contribution in [0.4, 0.5) is 13.2 Å². The average Bonchev–Trinajstić information content (AvgIpc) is 2.71. The van der Waals surface area contributed by atoms with E-state index in [0.29, 0.717) is 12.1 Å². The Morgan fingerprint density at radius 2 is 1.75 bits per heavy atom. The Morgan fingerprint density at radius 1 is 1.15 bits per heavy atom. The molecule has 0 fully saturated rings. The van der Waals surface area contributed by atoms with Crippen LogP contribution in [0.25, 0.3) is 0 Å². The summed E-state index contributed by atoms with van der Waals surface area (Å²) >= 11 is 8.25. The molecule has 108 valence electrons. The van der Waals surface area contributed by atoms with Gasteiger partial charge < -0.3 is 5.32 Å². The summed E-state index contributed by atoms with van der Waals surface area (Å²) in [6, 6.07) is 3.48. The van der Waals surface area contributed by atoms with Crippen LogP contribution in [0.15, 0.2) is 25.8 Å². The summed E-state index contributed by atoms with van der Waals surface area (Å²) in [5.74, 6) is -3.82. The van der Waals surface area contributed by atoms with Gasteiger partial charge in [0.05, 0.1) is 13.6 Å². The molecule has 1 aromatic heterocycles. The molecule has 2 rings (SSSR count). The molecule has 0 saturated heterocycles. The molecule has 1 atom stereocenters. The zero-order chi connectivity index (χ0) is 14.9. The molecule has 1 nitrogen and oxygen atoms in total. The largest absolute Gasteiger partial charge is 0.306 e. The fourth-order valence-electron chi connectivity index (χ4n) is 1.90. The number of hydrogen-bond donors (Lipinski definition) is 1. The van der Waals surface area contributed by atoms with E-state index in [2.05, 4.69) is 37.2 Å². The molecule has 1 aromatic carbocycles. The van der Waals surface area contributed by atoms with Crippen molar-refractivity contribution < 1.29 is 13.2 Å². The second-order valence-electron chi connectivity index (χ2n) is 4.07. The lowest BCUT2D eigenvalue weighted by atomic mass is 10.0. The number of benzene rings is 1. The summed E-state index contributed by atoms with van der Waals surface area (Å²) in [5, 5.41) is 3.14. The number of hydrogen-bond acceptors (Lipinski definition) is 2. The summed E-state index contributed by atoms with van der Waals surface area (Å²) < 4.78 is 41.6. The summed E-state index contributed by atoms with van der Waals surface area (Å²) in [5.41, 5.74) is 1.18. The van der Waals surface area contributed by atoms with E-state index in [4.69, 9.17) is 0 Å². The fraction of sp³-hybridized carbons (Fsp3) is 0.231. The molecule has 1 N–H and O–H groups in total. The Kier molecular flexibility index (Phi) is 5.28. The molecular formula is C13H10Br2F3NS. The van der Waals surface area contributed by atoms with Gasteiger partial charge in [-0.05, 0) is 67.7 Å². The van der Waals surface area contributed by atoms with Crippen molar-refractivity contribution in [3.05, 3.63) is 54.4 Å². The van der Waals surface area contributed by atoms with E-state index in [1.807, 2.05) is 13.0 Å². The quantitative estimate of drug-likeness (QED) is 0.643. The average molecular weight is 429 g/mol. The van der Waals surface area contributed by atoms with Crippen LogP contribution in [0, 0.1) is 17.5 Å². The Labute approximate surface area is 135 Å². The van der Waals surface area contributed by atoms with Gasteiger partial charge in [0.25, 0.3) is 0 Å². The van der Waals surface area contributed by atoms with Crippen LogP contribution in [0.3, 0.4) is 0 Å². The van der Waals surface area contributed by atoms with Gasteiger partial charge in [-0.15, -0.1) is 11.3 Å². The van der Waals surface area contributed by atoms with Crippen molar-refractivity contribution in [3.63, 3.8) is 0 Å². The Bertz CT molecular complexity index is 607. The van der Waals surface area contributed by atoms with Gasteiger partial charge in [0, 0.05) is 0 Å². The van der Waals surface area contributed by atoms with E-state index in [1.165, 1.54) is 11.3 Å². The van der Waals surface area contributed by atoms with Gasteiger partial charge in [-0.25, -0.2) is 13.2 Å². The number of rotatable bonds is 4. The summed E-state index contributed by atoms with van der Waals surface area (Å²) in [6.07, 6.45) is 0. The van der Waals surface area contributed by atoms with Gasteiger partial charge in [-0.1, -0.05) is 6.92 Å². The van der Waals surface area contributed by atoms with E-state index in [9.17, 15) is 13.2 Å². The third-order valence-electron chi connectivity index (χ3n) is 2.74. The van der Waals surface area contributed by atoms with Gasteiger partial charge in [0.1, 0.15) is 0 Å². The minimum Gasteiger partial charge on any atom is -0.306 e. The van der Waals surface area contributed by atoms with E-state index < -0.39 is 23.5 Å². The molecule has 0 aliphatic heterocycles. The van der Waals surface area contributed by atoms with Gasteiger partial charge in [-0.2, -0.15) is 0 Å². The predicted molar refractivity (Wildman–Crippen MR) is 81.6 cm³/mol. The SMILES string of the molecule is CCNC(c1cc(F)c(F)c(F)c1)c1cc(Br)sc1Br.